The molecule has 1 saturated carbocycles. The molecule has 1 aliphatic carbocycles. The van der Waals surface area contributed by atoms with Crippen LogP contribution in [-0.2, 0) is 14.8 Å². The molecule has 0 spiro atoms. The van der Waals surface area contributed by atoms with Gasteiger partial charge in [-0.25, -0.2) is 0 Å². The van der Waals surface area contributed by atoms with Crippen molar-refractivity contribution in [3.63, 3.8) is 0 Å². The van der Waals surface area contributed by atoms with Crippen LogP contribution in [0.25, 0.3) is 0 Å². The fourth-order valence-corrected chi connectivity index (χ4v) is 6.29. The van der Waals surface area contributed by atoms with Gasteiger partial charge in [0.2, 0.25) is 5.91 Å². The summed E-state index contributed by atoms with van der Waals surface area (Å²) >= 11 is 1.25. The average Bonchev–Trinajstić information content (AvgIpc) is 3.05. The molecule has 0 aromatic heterocycles. The zero-order valence-electron chi connectivity index (χ0n) is 16.3. The van der Waals surface area contributed by atoms with Gasteiger partial charge in [-0.2, -0.15) is 8.42 Å². The van der Waals surface area contributed by atoms with Crippen molar-refractivity contribution < 1.29 is 13.2 Å². The first kappa shape index (κ1) is 20.2. The Bertz CT molecular complexity index is 1010. The van der Waals surface area contributed by atoms with Crippen molar-refractivity contribution in [2.45, 2.75) is 55.2 Å². The van der Waals surface area contributed by atoms with Crippen LogP contribution in [-0.4, -0.2) is 30.4 Å². The van der Waals surface area contributed by atoms with Crippen molar-refractivity contribution in [1.82, 2.24) is 4.90 Å². The number of thioether (sulfide) groups is 1. The van der Waals surface area contributed by atoms with Crippen LogP contribution in [0.2, 0.25) is 0 Å². The molecule has 2 aromatic carbocycles. The minimum atomic E-state index is -3.89. The van der Waals surface area contributed by atoms with Crippen LogP contribution in [0.5, 0.6) is 0 Å². The lowest BCUT2D eigenvalue weighted by Crippen LogP contribution is -2.41. The van der Waals surface area contributed by atoms with Gasteiger partial charge in [-0.1, -0.05) is 79.1 Å². The van der Waals surface area contributed by atoms with Crippen LogP contribution in [0.3, 0.4) is 0 Å². The highest BCUT2D eigenvalue weighted by atomic mass is 32.2. The summed E-state index contributed by atoms with van der Waals surface area (Å²) in [5, 5.41) is -0.151. The van der Waals surface area contributed by atoms with Gasteiger partial charge in [0.15, 0.2) is 5.17 Å². The van der Waals surface area contributed by atoms with Crippen molar-refractivity contribution >= 4 is 32.9 Å². The van der Waals surface area contributed by atoms with E-state index in [2.05, 4.69) is 4.40 Å². The first-order valence-electron chi connectivity index (χ1n) is 9.92. The number of amides is 1. The number of sulfonamides is 1. The molecule has 5 nitrogen and oxygen atoms in total. The molecule has 2 fully saturated rings. The van der Waals surface area contributed by atoms with E-state index in [1.807, 2.05) is 37.3 Å². The third-order valence-corrected chi connectivity index (χ3v) is 8.06. The number of benzene rings is 2. The van der Waals surface area contributed by atoms with Crippen LogP contribution in [0, 0.1) is 6.92 Å². The van der Waals surface area contributed by atoms with Crippen LogP contribution in [0.1, 0.15) is 48.5 Å². The van der Waals surface area contributed by atoms with E-state index in [0.29, 0.717) is 5.17 Å². The van der Waals surface area contributed by atoms with E-state index < -0.39 is 15.3 Å². The lowest BCUT2D eigenvalue weighted by Gasteiger charge is -2.30. The quantitative estimate of drug-likeness (QED) is 0.709. The molecule has 1 aliphatic heterocycles. The van der Waals surface area contributed by atoms with Gasteiger partial charge < -0.3 is 0 Å². The topological polar surface area (TPSA) is 66.8 Å². The molecule has 7 heteroatoms. The van der Waals surface area contributed by atoms with Crippen molar-refractivity contribution in [2.75, 3.05) is 0 Å². The molecule has 0 bridgehead atoms. The van der Waals surface area contributed by atoms with E-state index in [4.69, 9.17) is 0 Å². The first-order chi connectivity index (χ1) is 14.0. The average molecular weight is 429 g/mol. The minimum absolute atomic E-state index is 0.0180. The summed E-state index contributed by atoms with van der Waals surface area (Å²) in [4.78, 5) is 15.1. The molecule has 2 aromatic rings. The summed E-state index contributed by atoms with van der Waals surface area (Å²) in [6, 6.07) is 16.2. The predicted molar refractivity (Wildman–Crippen MR) is 116 cm³/mol. The lowest BCUT2D eigenvalue weighted by molar-refractivity contribution is -0.128. The second-order valence-electron chi connectivity index (χ2n) is 7.57. The van der Waals surface area contributed by atoms with Gasteiger partial charge in [-0.3, -0.25) is 9.69 Å². The molecule has 1 amide bonds. The summed E-state index contributed by atoms with van der Waals surface area (Å²) in [7, 11) is -3.89. The largest absolute Gasteiger partial charge is 0.286 e. The highest BCUT2D eigenvalue weighted by Gasteiger charge is 2.43. The van der Waals surface area contributed by atoms with Crippen molar-refractivity contribution in [3.05, 3.63) is 65.7 Å². The Hall–Kier alpha value is -2.12. The second kappa shape index (κ2) is 8.32. The maximum absolute atomic E-state index is 13.3. The molecule has 0 N–H and O–H groups in total. The lowest BCUT2D eigenvalue weighted by atomic mass is 9.94. The van der Waals surface area contributed by atoms with E-state index in [9.17, 15) is 13.2 Å². The highest BCUT2D eigenvalue weighted by Crippen LogP contribution is 2.43. The Morgan fingerprint density at radius 3 is 2.28 bits per heavy atom. The molecule has 152 valence electrons. The first-order valence-corrected chi connectivity index (χ1v) is 12.2. The molecule has 0 radical (unpaired) electrons. The van der Waals surface area contributed by atoms with Crippen LogP contribution in [0.4, 0.5) is 0 Å². The van der Waals surface area contributed by atoms with Crippen molar-refractivity contribution in [1.29, 1.82) is 0 Å². The summed E-state index contributed by atoms with van der Waals surface area (Å²) in [6.45, 7) is 1.91. The van der Waals surface area contributed by atoms with Gasteiger partial charge in [-0.15, -0.1) is 4.40 Å². The van der Waals surface area contributed by atoms with E-state index in [1.54, 1.807) is 29.2 Å². The number of rotatable bonds is 4. The summed E-state index contributed by atoms with van der Waals surface area (Å²) in [6.07, 6.45) is 5.02. The Balaban J connectivity index is 1.72. The molecule has 1 heterocycles. The smallest absolute Gasteiger partial charge is 0.284 e. The third kappa shape index (κ3) is 4.26. The predicted octanol–water partition coefficient (Wildman–Crippen LogP) is 4.69. The molecule has 4 rings (SSSR count). The fourth-order valence-electron chi connectivity index (χ4n) is 3.88. The Kier molecular flexibility index (Phi) is 5.79. The summed E-state index contributed by atoms with van der Waals surface area (Å²) in [5.74, 6) is -0.0639. The second-order valence-corrected chi connectivity index (χ2v) is 10.2. The molecule has 1 atom stereocenters. The van der Waals surface area contributed by atoms with Gasteiger partial charge in [-0.05, 0) is 37.5 Å². The Morgan fingerprint density at radius 2 is 1.62 bits per heavy atom. The van der Waals surface area contributed by atoms with Gasteiger partial charge in [0.25, 0.3) is 10.0 Å². The number of hydrogen-bond donors (Lipinski definition) is 0. The van der Waals surface area contributed by atoms with Crippen LogP contribution < -0.4 is 0 Å². The molecule has 2 aliphatic rings. The number of nitrogens with zero attached hydrogens (tertiary/aromatic N) is 2. The summed E-state index contributed by atoms with van der Waals surface area (Å²) < 4.78 is 30.0. The molecular weight excluding hydrogens is 404 g/mol. The summed E-state index contributed by atoms with van der Waals surface area (Å²) in [5.41, 5.74) is 1.86. The number of aryl methyl sites for hydroxylation is 1. The van der Waals surface area contributed by atoms with Gasteiger partial charge in [0.05, 0.1) is 4.90 Å². The third-order valence-electron chi connectivity index (χ3n) is 5.45. The standard InChI is InChI=1S/C22H24N2O3S2/c1-16-12-14-19(15-13-16)29(26,27)23-22-24(18-10-6-3-7-11-18)21(25)20(28-22)17-8-4-2-5-9-17/h2,4-5,8-9,12-15,18,20H,3,6-7,10-11H2,1H3. The van der Waals surface area contributed by atoms with Gasteiger partial charge in [0, 0.05) is 6.04 Å². The number of hydrogen-bond acceptors (Lipinski definition) is 4. The van der Waals surface area contributed by atoms with Crippen molar-refractivity contribution in [3.8, 4) is 0 Å². The number of amidine groups is 1. The normalized spacial score (nSPS) is 22.4. The van der Waals surface area contributed by atoms with E-state index in [-0.39, 0.29) is 16.8 Å². The SMILES string of the molecule is Cc1ccc(S(=O)(=O)N=C2SC(c3ccccc3)C(=O)N2C2CCCCC2)cc1. The zero-order valence-corrected chi connectivity index (χ0v) is 18.0. The molecule has 1 unspecified atom stereocenters. The van der Waals surface area contributed by atoms with Gasteiger partial charge >= 0.3 is 0 Å². The monoisotopic (exact) mass is 428 g/mol. The maximum atomic E-state index is 13.3. The zero-order chi connectivity index (χ0) is 20.4. The van der Waals surface area contributed by atoms with Crippen LogP contribution in [0.15, 0.2) is 63.9 Å². The Morgan fingerprint density at radius 1 is 0.966 bits per heavy atom. The van der Waals surface area contributed by atoms with Crippen molar-refractivity contribution in [2.24, 2.45) is 4.40 Å². The maximum Gasteiger partial charge on any atom is 0.284 e. The van der Waals surface area contributed by atoms with Crippen LogP contribution >= 0.6 is 11.8 Å². The fraction of sp³-hybridized carbons (Fsp3) is 0.364. The molecular formula is C22H24N2O3S2. The number of carbonyl (C=O) groups is 1. The van der Waals surface area contributed by atoms with E-state index in [1.165, 1.54) is 11.8 Å². The minimum Gasteiger partial charge on any atom is -0.286 e. The number of carbonyl (C=O) groups excluding carboxylic acids is 1. The molecule has 29 heavy (non-hydrogen) atoms. The highest BCUT2D eigenvalue weighted by molar-refractivity contribution is 8.15. The van der Waals surface area contributed by atoms with Gasteiger partial charge in [0.1, 0.15) is 5.25 Å². The van der Waals surface area contributed by atoms with E-state index >= 15 is 0 Å². The van der Waals surface area contributed by atoms with E-state index in [0.717, 1.165) is 43.2 Å². The molecule has 1 saturated heterocycles. The Labute approximate surface area is 176 Å².